The number of oxazole rings is 1. The zero-order valence-electron chi connectivity index (χ0n) is 11.5. The van der Waals surface area contributed by atoms with Crippen LogP contribution in [0.4, 0.5) is 0 Å². The van der Waals surface area contributed by atoms with Gasteiger partial charge in [0, 0.05) is 24.2 Å². The molecular formula is C16H16N2O3. The number of nitrogens with zero attached hydrogens (tertiary/aromatic N) is 2. The second-order valence-electron chi connectivity index (χ2n) is 5.06. The Morgan fingerprint density at radius 1 is 1.38 bits per heavy atom. The molecule has 108 valence electrons. The Bertz CT molecular complexity index is 635. The first-order valence-corrected chi connectivity index (χ1v) is 6.81. The Morgan fingerprint density at radius 2 is 2.19 bits per heavy atom. The first kappa shape index (κ1) is 13.7. The van der Waals surface area contributed by atoms with Crippen molar-refractivity contribution in [1.29, 1.82) is 0 Å². The highest BCUT2D eigenvalue weighted by atomic mass is 16.3. The predicted molar refractivity (Wildman–Crippen MR) is 77.7 cm³/mol. The van der Waals surface area contributed by atoms with Crippen LogP contribution < -0.4 is 0 Å². The molecule has 1 aliphatic rings. The van der Waals surface area contributed by atoms with E-state index in [1.165, 1.54) is 6.26 Å². The van der Waals surface area contributed by atoms with Crippen molar-refractivity contribution in [2.75, 3.05) is 19.6 Å². The second kappa shape index (κ2) is 6.03. The van der Waals surface area contributed by atoms with Gasteiger partial charge in [0.1, 0.15) is 6.26 Å². The molecule has 1 aromatic carbocycles. The van der Waals surface area contributed by atoms with E-state index >= 15 is 0 Å². The Morgan fingerprint density at radius 3 is 2.90 bits per heavy atom. The van der Waals surface area contributed by atoms with Gasteiger partial charge in [-0.05, 0) is 6.08 Å². The Labute approximate surface area is 122 Å². The zero-order valence-corrected chi connectivity index (χ0v) is 11.5. The summed E-state index contributed by atoms with van der Waals surface area (Å²) >= 11 is 0. The smallest absolute Gasteiger partial charge is 0.222 e. The molecule has 2 heterocycles. The Kier molecular flexibility index (Phi) is 3.94. The number of aromatic nitrogens is 1. The third-order valence-electron chi connectivity index (χ3n) is 3.40. The van der Waals surface area contributed by atoms with Crippen LogP contribution in [0.15, 0.2) is 53.3 Å². The highest BCUT2D eigenvalue weighted by Gasteiger charge is 2.23. The number of aliphatic hydroxyl groups excluding tert-OH is 1. The molecule has 1 unspecified atom stereocenters. The van der Waals surface area contributed by atoms with Gasteiger partial charge in [0.05, 0.1) is 18.8 Å². The van der Waals surface area contributed by atoms with Crippen molar-refractivity contribution >= 4 is 11.4 Å². The number of hydrogen-bond donors (Lipinski definition) is 1. The molecule has 0 saturated carbocycles. The predicted octanol–water partition coefficient (Wildman–Crippen LogP) is 1.62. The second-order valence-corrected chi connectivity index (χ2v) is 5.06. The van der Waals surface area contributed by atoms with Crippen LogP contribution in [0, 0.1) is 0 Å². The van der Waals surface area contributed by atoms with E-state index in [9.17, 15) is 9.90 Å². The molecule has 5 nitrogen and oxygen atoms in total. The van der Waals surface area contributed by atoms with Gasteiger partial charge in [-0.15, -0.1) is 0 Å². The number of aliphatic hydroxyl groups is 1. The van der Waals surface area contributed by atoms with Gasteiger partial charge in [0.2, 0.25) is 5.89 Å². The fourth-order valence-corrected chi connectivity index (χ4v) is 2.47. The van der Waals surface area contributed by atoms with Crippen molar-refractivity contribution in [2.45, 2.75) is 6.10 Å². The third kappa shape index (κ3) is 3.26. The lowest BCUT2D eigenvalue weighted by Crippen LogP contribution is -2.40. The van der Waals surface area contributed by atoms with Crippen molar-refractivity contribution in [1.82, 2.24) is 9.88 Å². The van der Waals surface area contributed by atoms with E-state index in [4.69, 9.17) is 4.42 Å². The molecule has 1 atom stereocenters. The molecule has 0 bridgehead atoms. The topological polar surface area (TPSA) is 66.6 Å². The average molecular weight is 284 g/mol. The number of rotatable bonds is 4. The van der Waals surface area contributed by atoms with E-state index in [1.54, 1.807) is 24.4 Å². The van der Waals surface area contributed by atoms with E-state index in [0.29, 0.717) is 24.5 Å². The molecule has 3 rings (SSSR count). The van der Waals surface area contributed by atoms with Crippen LogP contribution in [-0.2, 0) is 0 Å². The normalized spacial score (nSPS) is 19.3. The van der Waals surface area contributed by atoms with Gasteiger partial charge in [-0.25, -0.2) is 4.98 Å². The molecule has 1 aromatic heterocycles. The van der Waals surface area contributed by atoms with Gasteiger partial charge in [-0.1, -0.05) is 30.3 Å². The summed E-state index contributed by atoms with van der Waals surface area (Å²) in [5.74, 6) is 0.530. The lowest BCUT2D eigenvalue weighted by Gasteiger charge is -2.28. The highest BCUT2D eigenvalue weighted by molar-refractivity contribution is 5.97. The van der Waals surface area contributed by atoms with E-state index < -0.39 is 6.10 Å². The van der Waals surface area contributed by atoms with Gasteiger partial charge in [-0.3, -0.25) is 9.69 Å². The summed E-state index contributed by atoms with van der Waals surface area (Å²) in [4.78, 5) is 18.2. The largest absolute Gasteiger partial charge is 0.445 e. The van der Waals surface area contributed by atoms with Crippen LogP contribution in [0.2, 0.25) is 0 Å². The molecule has 0 amide bonds. The van der Waals surface area contributed by atoms with Crippen molar-refractivity contribution in [3.63, 3.8) is 0 Å². The summed E-state index contributed by atoms with van der Waals surface area (Å²) in [6.45, 7) is 1.23. The summed E-state index contributed by atoms with van der Waals surface area (Å²) in [5, 5.41) is 9.93. The van der Waals surface area contributed by atoms with Gasteiger partial charge < -0.3 is 9.52 Å². The van der Waals surface area contributed by atoms with Crippen molar-refractivity contribution in [3.05, 3.63) is 60.3 Å². The Balaban J connectivity index is 1.70. The van der Waals surface area contributed by atoms with E-state index in [1.807, 2.05) is 23.1 Å². The molecule has 0 aliphatic carbocycles. The van der Waals surface area contributed by atoms with Crippen LogP contribution in [0.25, 0.3) is 5.57 Å². The molecule has 1 aliphatic heterocycles. The molecule has 5 heteroatoms. The van der Waals surface area contributed by atoms with Crippen LogP contribution in [-0.4, -0.2) is 46.5 Å². The summed E-state index contributed by atoms with van der Waals surface area (Å²) in [6, 6.07) is 9.17. The minimum absolute atomic E-state index is 0.0384. The minimum Gasteiger partial charge on any atom is -0.445 e. The van der Waals surface area contributed by atoms with E-state index in [-0.39, 0.29) is 12.3 Å². The van der Waals surface area contributed by atoms with Crippen molar-refractivity contribution in [3.8, 4) is 0 Å². The number of benzene rings is 1. The van der Waals surface area contributed by atoms with Crippen LogP contribution in [0.1, 0.15) is 16.2 Å². The standard InChI is InChI=1S/C16H16N2O3/c19-14-8-13(16-17-6-7-21-16)9-18(10-14)11-15(20)12-4-2-1-3-5-12/h1-8,14,19H,9-11H2. The minimum atomic E-state index is -0.621. The molecule has 0 radical (unpaired) electrons. The molecule has 1 N–H and O–H groups in total. The van der Waals surface area contributed by atoms with Crippen LogP contribution >= 0.6 is 0 Å². The van der Waals surface area contributed by atoms with Crippen LogP contribution in [0.3, 0.4) is 0 Å². The number of carbonyl (C=O) groups excluding carboxylic acids is 1. The zero-order chi connectivity index (χ0) is 14.7. The molecule has 21 heavy (non-hydrogen) atoms. The monoisotopic (exact) mass is 284 g/mol. The van der Waals surface area contributed by atoms with Gasteiger partial charge in [-0.2, -0.15) is 0 Å². The fourth-order valence-electron chi connectivity index (χ4n) is 2.47. The van der Waals surface area contributed by atoms with E-state index in [2.05, 4.69) is 4.98 Å². The quantitative estimate of drug-likeness (QED) is 0.864. The van der Waals surface area contributed by atoms with Gasteiger partial charge >= 0.3 is 0 Å². The number of hydrogen-bond acceptors (Lipinski definition) is 5. The maximum Gasteiger partial charge on any atom is 0.222 e. The summed E-state index contributed by atoms with van der Waals surface area (Å²) in [5.41, 5.74) is 1.49. The number of carbonyl (C=O) groups is 1. The first-order valence-electron chi connectivity index (χ1n) is 6.81. The summed E-state index contributed by atoms with van der Waals surface area (Å²) in [6.07, 6.45) is 4.17. The fraction of sp³-hybridized carbons (Fsp3) is 0.250. The lowest BCUT2D eigenvalue weighted by molar-refractivity contribution is 0.0892. The number of β-amino-alcohol motifs (C(OH)–C–C–N with tert-alkyl or cyclic N) is 1. The number of Topliss-reactive ketones (excluding diaryl/α,β-unsaturated/α-hetero) is 1. The van der Waals surface area contributed by atoms with Crippen molar-refractivity contribution < 1.29 is 14.3 Å². The molecular weight excluding hydrogens is 268 g/mol. The first-order chi connectivity index (χ1) is 10.2. The Hall–Kier alpha value is -2.24. The summed E-state index contributed by atoms with van der Waals surface area (Å²) in [7, 11) is 0. The maximum absolute atomic E-state index is 12.2. The molecule has 0 fully saturated rings. The highest BCUT2D eigenvalue weighted by Crippen LogP contribution is 2.19. The molecule has 2 aromatic rings. The van der Waals surface area contributed by atoms with Gasteiger partial charge in [0.25, 0.3) is 0 Å². The SMILES string of the molecule is O=C(CN1CC(c2ncco2)=CC(O)C1)c1ccccc1. The van der Waals surface area contributed by atoms with Crippen LogP contribution in [0.5, 0.6) is 0 Å². The molecule has 0 spiro atoms. The van der Waals surface area contributed by atoms with E-state index in [0.717, 1.165) is 5.57 Å². The maximum atomic E-state index is 12.2. The average Bonchev–Trinajstić information content (AvgIpc) is 3.02. The lowest BCUT2D eigenvalue weighted by atomic mass is 10.1. The molecule has 0 saturated heterocycles. The van der Waals surface area contributed by atoms with Crippen molar-refractivity contribution in [2.24, 2.45) is 0 Å². The van der Waals surface area contributed by atoms with Gasteiger partial charge in [0.15, 0.2) is 5.78 Å². The number of ketones is 1. The third-order valence-corrected chi connectivity index (χ3v) is 3.40. The summed E-state index contributed by atoms with van der Waals surface area (Å²) < 4.78 is 5.26.